The standard InChI is InChI=1S/C11H22N2O3S/c1-3-5-11(2,12)10(14)13-6-4-8-17(15,16)9-7-13/h3-9,12H2,1-2H3. The fourth-order valence-corrected chi connectivity index (χ4v) is 3.40. The quantitative estimate of drug-likeness (QED) is 0.785. The van der Waals surface area contributed by atoms with E-state index in [1.165, 1.54) is 0 Å². The van der Waals surface area contributed by atoms with Crippen LogP contribution in [0.15, 0.2) is 0 Å². The zero-order valence-corrected chi connectivity index (χ0v) is 11.4. The highest BCUT2D eigenvalue weighted by atomic mass is 32.2. The number of amides is 1. The molecule has 1 aliphatic heterocycles. The number of hydrogen-bond donors (Lipinski definition) is 1. The first-order valence-corrected chi connectivity index (χ1v) is 7.89. The highest BCUT2D eigenvalue weighted by Crippen LogP contribution is 2.15. The normalized spacial score (nSPS) is 23.8. The van der Waals surface area contributed by atoms with Crippen LogP contribution in [0, 0.1) is 0 Å². The molecule has 17 heavy (non-hydrogen) atoms. The molecule has 0 bridgehead atoms. The monoisotopic (exact) mass is 262 g/mol. The molecule has 100 valence electrons. The smallest absolute Gasteiger partial charge is 0.242 e. The lowest BCUT2D eigenvalue weighted by Crippen LogP contribution is -2.53. The van der Waals surface area contributed by atoms with Crippen LogP contribution in [-0.4, -0.2) is 49.4 Å². The number of rotatable bonds is 3. The summed E-state index contributed by atoms with van der Waals surface area (Å²) in [4.78, 5) is 13.8. The SMILES string of the molecule is CCCC(C)(N)C(=O)N1CCCS(=O)(=O)CC1. The maximum absolute atomic E-state index is 12.2. The van der Waals surface area contributed by atoms with E-state index in [9.17, 15) is 13.2 Å². The minimum Gasteiger partial charge on any atom is -0.340 e. The van der Waals surface area contributed by atoms with Gasteiger partial charge in [0, 0.05) is 13.1 Å². The Kier molecular flexibility index (Phi) is 4.55. The summed E-state index contributed by atoms with van der Waals surface area (Å²) in [5.41, 5.74) is 5.11. The summed E-state index contributed by atoms with van der Waals surface area (Å²) in [6.45, 7) is 4.47. The fourth-order valence-electron chi connectivity index (χ4n) is 2.13. The first-order chi connectivity index (χ1) is 7.78. The van der Waals surface area contributed by atoms with Gasteiger partial charge < -0.3 is 10.6 Å². The molecular weight excluding hydrogens is 240 g/mol. The Morgan fingerprint density at radius 2 is 2.00 bits per heavy atom. The Morgan fingerprint density at radius 1 is 1.35 bits per heavy atom. The van der Waals surface area contributed by atoms with Crippen molar-refractivity contribution in [1.82, 2.24) is 4.90 Å². The third-order valence-electron chi connectivity index (χ3n) is 3.10. The van der Waals surface area contributed by atoms with Crippen molar-refractivity contribution in [3.8, 4) is 0 Å². The van der Waals surface area contributed by atoms with Gasteiger partial charge in [-0.15, -0.1) is 0 Å². The third-order valence-corrected chi connectivity index (χ3v) is 4.82. The molecule has 0 spiro atoms. The average molecular weight is 262 g/mol. The lowest BCUT2D eigenvalue weighted by atomic mass is 9.95. The molecule has 5 nitrogen and oxygen atoms in total. The average Bonchev–Trinajstić information content (AvgIpc) is 2.38. The van der Waals surface area contributed by atoms with Crippen LogP contribution in [0.2, 0.25) is 0 Å². The van der Waals surface area contributed by atoms with Gasteiger partial charge in [0.1, 0.15) is 0 Å². The summed E-state index contributed by atoms with van der Waals surface area (Å²) in [5.74, 6) is 0.101. The molecular formula is C11H22N2O3S. The Morgan fingerprint density at radius 3 is 2.59 bits per heavy atom. The topological polar surface area (TPSA) is 80.5 Å². The van der Waals surface area contributed by atoms with E-state index in [1.54, 1.807) is 11.8 Å². The van der Waals surface area contributed by atoms with Crippen molar-refractivity contribution in [2.75, 3.05) is 24.6 Å². The summed E-state index contributed by atoms with van der Waals surface area (Å²) in [6.07, 6.45) is 1.97. The van der Waals surface area contributed by atoms with Crippen molar-refractivity contribution < 1.29 is 13.2 Å². The van der Waals surface area contributed by atoms with Crippen LogP contribution in [-0.2, 0) is 14.6 Å². The number of nitrogens with two attached hydrogens (primary N) is 1. The molecule has 1 unspecified atom stereocenters. The van der Waals surface area contributed by atoms with Crippen molar-refractivity contribution in [2.24, 2.45) is 5.73 Å². The Labute approximate surface area is 103 Å². The van der Waals surface area contributed by atoms with E-state index in [0.717, 1.165) is 6.42 Å². The number of nitrogens with zero attached hydrogens (tertiary/aromatic N) is 1. The minimum absolute atomic E-state index is 0.0565. The van der Waals surface area contributed by atoms with E-state index in [0.29, 0.717) is 19.4 Å². The van der Waals surface area contributed by atoms with Gasteiger partial charge in [-0.1, -0.05) is 13.3 Å². The molecule has 0 aromatic heterocycles. The second-order valence-electron chi connectivity index (χ2n) is 4.97. The van der Waals surface area contributed by atoms with Gasteiger partial charge in [0.2, 0.25) is 5.91 Å². The van der Waals surface area contributed by atoms with Crippen LogP contribution in [0.1, 0.15) is 33.1 Å². The van der Waals surface area contributed by atoms with E-state index in [4.69, 9.17) is 5.73 Å². The molecule has 0 radical (unpaired) electrons. The van der Waals surface area contributed by atoms with Crippen LogP contribution in [0.25, 0.3) is 0 Å². The maximum atomic E-state index is 12.2. The van der Waals surface area contributed by atoms with Gasteiger partial charge >= 0.3 is 0 Å². The van der Waals surface area contributed by atoms with E-state index in [1.807, 2.05) is 6.92 Å². The fraction of sp³-hybridized carbons (Fsp3) is 0.909. The number of hydrogen-bond acceptors (Lipinski definition) is 4. The molecule has 1 atom stereocenters. The van der Waals surface area contributed by atoms with Gasteiger partial charge in [-0.05, 0) is 19.8 Å². The highest BCUT2D eigenvalue weighted by molar-refractivity contribution is 7.91. The zero-order chi connectivity index (χ0) is 13.1. The minimum atomic E-state index is -2.98. The van der Waals surface area contributed by atoms with Gasteiger partial charge in [-0.2, -0.15) is 0 Å². The molecule has 1 saturated heterocycles. The van der Waals surface area contributed by atoms with Crippen LogP contribution in [0.4, 0.5) is 0 Å². The Bertz CT molecular complexity index is 376. The van der Waals surface area contributed by atoms with Crippen molar-refractivity contribution in [3.63, 3.8) is 0 Å². The van der Waals surface area contributed by atoms with Crippen LogP contribution < -0.4 is 5.73 Å². The first-order valence-electron chi connectivity index (χ1n) is 6.07. The van der Waals surface area contributed by atoms with Crippen molar-refractivity contribution in [3.05, 3.63) is 0 Å². The molecule has 0 aromatic rings. The van der Waals surface area contributed by atoms with Gasteiger partial charge in [0.15, 0.2) is 9.84 Å². The van der Waals surface area contributed by atoms with Crippen molar-refractivity contribution in [1.29, 1.82) is 0 Å². The third kappa shape index (κ3) is 3.96. The van der Waals surface area contributed by atoms with E-state index in [2.05, 4.69) is 0 Å². The van der Waals surface area contributed by atoms with Gasteiger partial charge in [0.25, 0.3) is 0 Å². The second-order valence-corrected chi connectivity index (χ2v) is 7.27. The number of carbonyl (C=O) groups excluding carboxylic acids is 1. The molecule has 1 amide bonds. The summed E-state index contributed by atoms with van der Waals surface area (Å²) in [7, 11) is -2.98. The molecule has 0 saturated carbocycles. The summed E-state index contributed by atoms with van der Waals surface area (Å²) in [6, 6.07) is 0. The maximum Gasteiger partial charge on any atom is 0.242 e. The molecule has 1 heterocycles. The molecule has 0 aromatic carbocycles. The largest absolute Gasteiger partial charge is 0.340 e. The second kappa shape index (κ2) is 5.35. The van der Waals surface area contributed by atoms with E-state index in [-0.39, 0.29) is 24.0 Å². The summed E-state index contributed by atoms with van der Waals surface area (Å²) in [5, 5.41) is 0. The Hall–Kier alpha value is -0.620. The molecule has 1 aliphatic rings. The highest BCUT2D eigenvalue weighted by Gasteiger charge is 2.33. The number of carbonyl (C=O) groups is 1. The van der Waals surface area contributed by atoms with Gasteiger partial charge in [-0.25, -0.2) is 8.42 Å². The first kappa shape index (κ1) is 14.4. The van der Waals surface area contributed by atoms with Crippen molar-refractivity contribution in [2.45, 2.75) is 38.6 Å². The van der Waals surface area contributed by atoms with Crippen LogP contribution >= 0.6 is 0 Å². The van der Waals surface area contributed by atoms with E-state index < -0.39 is 15.4 Å². The molecule has 1 fully saturated rings. The van der Waals surface area contributed by atoms with Gasteiger partial charge in [-0.3, -0.25) is 4.79 Å². The summed E-state index contributed by atoms with van der Waals surface area (Å²) >= 11 is 0. The molecule has 1 rings (SSSR count). The molecule has 6 heteroatoms. The van der Waals surface area contributed by atoms with Gasteiger partial charge in [0.05, 0.1) is 17.0 Å². The molecule has 2 N–H and O–H groups in total. The summed E-state index contributed by atoms with van der Waals surface area (Å²) < 4.78 is 22.9. The Balaban J connectivity index is 2.70. The van der Waals surface area contributed by atoms with Crippen LogP contribution in [0.5, 0.6) is 0 Å². The molecule has 0 aliphatic carbocycles. The predicted molar refractivity (Wildman–Crippen MR) is 67.4 cm³/mol. The number of sulfone groups is 1. The van der Waals surface area contributed by atoms with Crippen LogP contribution in [0.3, 0.4) is 0 Å². The lowest BCUT2D eigenvalue weighted by molar-refractivity contribution is -0.136. The zero-order valence-electron chi connectivity index (χ0n) is 10.6. The lowest BCUT2D eigenvalue weighted by Gasteiger charge is -2.30. The van der Waals surface area contributed by atoms with Crippen molar-refractivity contribution >= 4 is 15.7 Å². The predicted octanol–water partition coefficient (Wildman–Crippen LogP) is 0.151. The van der Waals surface area contributed by atoms with E-state index >= 15 is 0 Å².